The molecule has 1 unspecified atom stereocenters. The number of halogens is 1. The smallest absolute Gasteiger partial charge is 0.118 e. The number of hydrogen-bond acceptors (Lipinski definition) is 2. The number of ether oxygens (including phenoxy) is 1. The highest BCUT2D eigenvalue weighted by Crippen LogP contribution is 2.18. The molecule has 16 heavy (non-hydrogen) atoms. The molecule has 0 fully saturated rings. The Hall–Kier alpha value is -0.800. The Morgan fingerprint density at radius 1 is 1.44 bits per heavy atom. The van der Waals surface area contributed by atoms with E-state index in [4.69, 9.17) is 4.74 Å². The SMILES string of the molecule is C=C(Br)CNCC(C)c1ccc(OC)cc1. The van der Waals surface area contributed by atoms with Crippen molar-refractivity contribution >= 4 is 15.9 Å². The molecule has 3 heteroatoms. The lowest BCUT2D eigenvalue weighted by Crippen LogP contribution is -2.21. The van der Waals surface area contributed by atoms with Gasteiger partial charge in [0.25, 0.3) is 0 Å². The van der Waals surface area contributed by atoms with Crippen LogP contribution in [0.5, 0.6) is 5.75 Å². The highest BCUT2D eigenvalue weighted by Gasteiger charge is 2.04. The highest BCUT2D eigenvalue weighted by atomic mass is 79.9. The summed E-state index contributed by atoms with van der Waals surface area (Å²) in [4.78, 5) is 0. The maximum Gasteiger partial charge on any atom is 0.118 e. The molecule has 0 saturated heterocycles. The van der Waals surface area contributed by atoms with Crippen LogP contribution in [-0.4, -0.2) is 20.2 Å². The summed E-state index contributed by atoms with van der Waals surface area (Å²) in [5.41, 5.74) is 1.31. The van der Waals surface area contributed by atoms with Gasteiger partial charge >= 0.3 is 0 Å². The van der Waals surface area contributed by atoms with Crippen LogP contribution in [0.1, 0.15) is 18.4 Å². The van der Waals surface area contributed by atoms with Crippen LogP contribution in [0.2, 0.25) is 0 Å². The summed E-state index contributed by atoms with van der Waals surface area (Å²) >= 11 is 3.33. The second-order valence-corrected chi connectivity index (χ2v) is 4.94. The third-order valence-electron chi connectivity index (χ3n) is 2.45. The molecule has 1 rings (SSSR count). The lowest BCUT2D eigenvalue weighted by atomic mass is 10.0. The summed E-state index contributed by atoms with van der Waals surface area (Å²) in [6, 6.07) is 8.20. The van der Waals surface area contributed by atoms with Gasteiger partial charge < -0.3 is 10.1 Å². The van der Waals surface area contributed by atoms with Gasteiger partial charge in [-0.15, -0.1) is 0 Å². The van der Waals surface area contributed by atoms with Crippen molar-refractivity contribution in [3.63, 3.8) is 0 Å². The van der Waals surface area contributed by atoms with Gasteiger partial charge in [0.2, 0.25) is 0 Å². The molecule has 1 N–H and O–H groups in total. The van der Waals surface area contributed by atoms with E-state index in [1.165, 1.54) is 5.56 Å². The van der Waals surface area contributed by atoms with Crippen molar-refractivity contribution < 1.29 is 4.74 Å². The van der Waals surface area contributed by atoms with Crippen LogP contribution >= 0.6 is 15.9 Å². The molecule has 0 aliphatic carbocycles. The van der Waals surface area contributed by atoms with Gasteiger partial charge in [0.05, 0.1) is 7.11 Å². The predicted molar refractivity (Wildman–Crippen MR) is 72.3 cm³/mol. The Kier molecular flexibility index (Phi) is 5.56. The summed E-state index contributed by atoms with van der Waals surface area (Å²) in [6.45, 7) is 7.73. The van der Waals surface area contributed by atoms with Gasteiger partial charge in [-0.1, -0.05) is 41.6 Å². The van der Waals surface area contributed by atoms with Crippen LogP contribution in [0, 0.1) is 0 Å². The zero-order valence-corrected chi connectivity index (χ0v) is 11.4. The van der Waals surface area contributed by atoms with E-state index < -0.39 is 0 Å². The van der Waals surface area contributed by atoms with Gasteiger partial charge in [0.15, 0.2) is 0 Å². The Balaban J connectivity index is 2.45. The molecule has 0 saturated carbocycles. The minimum Gasteiger partial charge on any atom is -0.497 e. The second-order valence-electron chi connectivity index (χ2n) is 3.82. The van der Waals surface area contributed by atoms with Crippen molar-refractivity contribution in [3.05, 3.63) is 40.9 Å². The average Bonchev–Trinajstić information content (AvgIpc) is 2.28. The van der Waals surface area contributed by atoms with Crippen molar-refractivity contribution in [1.29, 1.82) is 0 Å². The first-order chi connectivity index (χ1) is 7.63. The van der Waals surface area contributed by atoms with E-state index in [1.807, 2.05) is 12.1 Å². The predicted octanol–water partition coefficient (Wildman–Crippen LogP) is 3.30. The molecule has 0 radical (unpaired) electrons. The van der Waals surface area contributed by atoms with E-state index in [2.05, 4.69) is 46.9 Å². The molecular formula is C13H18BrNO. The molecule has 0 heterocycles. The summed E-state index contributed by atoms with van der Waals surface area (Å²) in [5.74, 6) is 1.38. The number of hydrogen-bond donors (Lipinski definition) is 1. The minimum absolute atomic E-state index is 0.484. The second kappa shape index (κ2) is 6.71. The minimum atomic E-state index is 0.484. The molecule has 0 bridgehead atoms. The normalized spacial score (nSPS) is 12.2. The number of nitrogens with one attached hydrogen (secondary N) is 1. The van der Waals surface area contributed by atoms with E-state index in [0.717, 1.165) is 23.3 Å². The molecular weight excluding hydrogens is 266 g/mol. The first kappa shape index (κ1) is 13.3. The van der Waals surface area contributed by atoms with Gasteiger partial charge in [0, 0.05) is 17.6 Å². The third kappa shape index (κ3) is 4.37. The number of rotatable bonds is 6. The highest BCUT2D eigenvalue weighted by molar-refractivity contribution is 9.11. The van der Waals surface area contributed by atoms with Crippen LogP contribution in [0.4, 0.5) is 0 Å². The summed E-state index contributed by atoms with van der Waals surface area (Å²) in [6.07, 6.45) is 0. The summed E-state index contributed by atoms with van der Waals surface area (Å²) < 4.78 is 6.11. The van der Waals surface area contributed by atoms with Crippen molar-refractivity contribution in [2.45, 2.75) is 12.8 Å². The standard InChI is InChI=1S/C13H18BrNO/c1-10(8-15-9-11(2)14)12-4-6-13(16-3)7-5-12/h4-7,10,15H,2,8-9H2,1,3H3. The van der Waals surface area contributed by atoms with E-state index in [-0.39, 0.29) is 0 Å². The Morgan fingerprint density at radius 2 is 2.06 bits per heavy atom. The first-order valence-electron chi connectivity index (χ1n) is 5.31. The number of methoxy groups -OCH3 is 1. The van der Waals surface area contributed by atoms with Gasteiger partial charge in [-0.25, -0.2) is 0 Å². The molecule has 0 aliphatic heterocycles. The fourth-order valence-electron chi connectivity index (χ4n) is 1.47. The molecule has 1 aromatic carbocycles. The Labute approximate surface area is 106 Å². The number of benzene rings is 1. The van der Waals surface area contributed by atoms with Gasteiger partial charge in [-0.05, 0) is 23.6 Å². The van der Waals surface area contributed by atoms with Crippen LogP contribution in [0.25, 0.3) is 0 Å². The molecule has 0 aromatic heterocycles. The van der Waals surface area contributed by atoms with Crippen molar-refractivity contribution in [1.82, 2.24) is 5.32 Å². The molecule has 0 spiro atoms. The fraction of sp³-hybridized carbons (Fsp3) is 0.385. The van der Waals surface area contributed by atoms with Gasteiger partial charge in [0.1, 0.15) is 5.75 Å². The zero-order valence-electron chi connectivity index (χ0n) is 9.79. The van der Waals surface area contributed by atoms with Crippen LogP contribution < -0.4 is 10.1 Å². The van der Waals surface area contributed by atoms with Crippen molar-refractivity contribution in [3.8, 4) is 5.75 Å². The fourth-order valence-corrected chi connectivity index (χ4v) is 1.67. The molecule has 1 atom stereocenters. The monoisotopic (exact) mass is 283 g/mol. The van der Waals surface area contributed by atoms with Crippen molar-refractivity contribution in [2.75, 3.05) is 20.2 Å². The van der Waals surface area contributed by atoms with E-state index in [1.54, 1.807) is 7.11 Å². The first-order valence-corrected chi connectivity index (χ1v) is 6.10. The molecule has 2 nitrogen and oxygen atoms in total. The molecule has 1 aromatic rings. The van der Waals surface area contributed by atoms with Crippen LogP contribution in [0.3, 0.4) is 0 Å². The Bertz CT molecular complexity index is 334. The van der Waals surface area contributed by atoms with E-state index >= 15 is 0 Å². The van der Waals surface area contributed by atoms with E-state index in [0.29, 0.717) is 5.92 Å². The van der Waals surface area contributed by atoms with Gasteiger partial charge in [-0.3, -0.25) is 0 Å². The molecule has 88 valence electrons. The maximum atomic E-state index is 5.13. The largest absolute Gasteiger partial charge is 0.497 e. The molecule has 0 amide bonds. The lowest BCUT2D eigenvalue weighted by Gasteiger charge is -2.13. The van der Waals surface area contributed by atoms with Crippen molar-refractivity contribution in [2.24, 2.45) is 0 Å². The zero-order chi connectivity index (χ0) is 12.0. The van der Waals surface area contributed by atoms with Crippen LogP contribution in [0.15, 0.2) is 35.3 Å². The summed E-state index contributed by atoms with van der Waals surface area (Å²) in [5, 5.41) is 3.33. The third-order valence-corrected chi connectivity index (χ3v) is 2.73. The lowest BCUT2D eigenvalue weighted by molar-refractivity contribution is 0.414. The van der Waals surface area contributed by atoms with E-state index in [9.17, 15) is 0 Å². The quantitative estimate of drug-likeness (QED) is 0.865. The Morgan fingerprint density at radius 3 is 2.56 bits per heavy atom. The summed E-state index contributed by atoms with van der Waals surface area (Å²) in [7, 11) is 1.68. The van der Waals surface area contributed by atoms with Gasteiger partial charge in [-0.2, -0.15) is 0 Å². The molecule has 0 aliphatic rings. The van der Waals surface area contributed by atoms with Crippen LogP contribution in [-0.2, 0) is 0 Å². The average molecular weight is 284 g/mol. The maximum absolute atomic E-state index is 5.13. The topological polar surface area (TPSA) is 21.3 Å².